The van der Waals surface area contributed by atoms with Gasteiger partial charge in [0.1, 0.15) is 5.60 Å². The number of carbonyl (C=O) groups is 1. The predicted octanol–water partition coefficient (Wildman–Crippen LogP) is 1.57. The number of para-hydroxylation sites is 1. The van der Waals surface area contributed by atoms with Crippen molar-refractivity contribution >= 4 is 17.2 Å². The number of hydrogen-bond donors (Lipinski definition) is 2. The van der Waals surface area contributed by atoms with Crippen LogP contribution in [-0.4, -0.2) is 16.4 Å². The van der Waals surface area contributed by atoms with Crippen molar-refractivity contribution in [2.24, 2.45) is 0 Å². The second-order valence-corrected chi connectivity index (χ2v) is 3.51. The molecule has 0 amide bonds. The van der Waals surface area contributed by atoms with E-state index in [4.69, 9.17) is 0 Å². The highest BCUT2D eigenvalue weighted by molar-refractivity contribution is 5.87. The molecule has 2 aromatic rings. The van der Waals surface area contributed by atoms with Crippen molar-refractivity contribution in [1.82, 2.24) is 4.98 Å². The minimum atomic E-state index is -1.42. The van der Waals surface area contributed by atoms with Crippen LogP contribution in [0.2, 0.25) is 0 Å². The van der Waals surface area contributed by atoms with Gasteiger partial charge >= 0.3 is 0 Å². The van der Waals surface area contributed by atoms with Gasteiger partial charge in [0.05, 0.1) is 0 Å². The van der Waals surface area contributed by atoms with E-state index < -0.39 is 5.60 Å². The fourth-order valence-electron chi connectivity index (χ4n) is 1.55. The average Bonchev–Trinajstić information content (AvgIpc) is 2.61. The lowest BCUT2D eigenvalue weighted by atomic mass is 9.97. The van der Waals surface area contributed by atoms with Crippen LogP contribution in [0, 0.1) is 0 Å². The molecule has 1 aromatic carbocycles. The van der Waals surface area contributed by atoms with E-state index in [0.717, 1.165) is 10.9 Å². The molecule has 1 heterocycles. The van der Waals surface area contributed by atoms with Crippen LogP contribution < -0.4 is 0 Å². The van der Waals surface area contributed by atoms with Crippen LogP contribution in [0.1, 0.15) is 12.5 Å². The maximum absolute atomic E-state index is 10.7. The normalized spacial score (nSPS) is 15.3. The number of hydrogen-bond acceptors (Lipinski definition) is 2. The summed E-state index contributed by atoms with van der Waals surface area (Å²) >= 11 is 0. The number of H-pyrrole nitrogens is 1. The summed E-state index contributed by atoms with van der Waals surface area (Å²) in [6, 6.07) is 7.55. The van der Waals surface area contributed by atoms with E-state index >= 15 is 0 Å². The zero-order valence-electron chi connectivity index (χ0n) is 7.82. The number of fused-ring (bicyclic) bond motifs is 1. The second-order valence-electron chi connectivity index (χ2n) is 3.51. The highest BCUT2D eigenvalue weighted by Crippen LogP contribution is 2.26. The molecular formula is C11H11NO2. The minimum absolute atomic E-state index is 0.544. The summed E-state index contributed by atoms with van der Waals surface area (Å²) < 4.78 is 0. The smallest absolute Gasteiger partial charge is 0.155 e. The number of nitrogens with one attached hydrogen (secondary N) is 1. The van der Waals surface area contributed by atoms with Crippen molar-refractivity contribution < 1.29 is 9.90 Å². The lowest BCUT2D eigenvalue weighted by molar-refractivity contribution is -0.123. The summed E-state index contributed by atoms with van der Waals surface area (Å²) in [5, 5.41) is 10.7. The molecule has 0 bridgehead atoms. The number of benzene rings is 1. The third-order valence-electron chi connectivity index (χ3n) is 2.36. The van der Waals surface area contributed by atoms with Crippen molar-refractivity contribution in [2.45, 2.75) is 12.5 Å². The molecule has 3 heteroatoms. The van der Waals surface area contributed by atoms with E-state index in [1.54, 1.807) is 6.20 Å². The van der Waals surface area contributed by atoms with Gasteiger partial charge in [0.15, 0.2) is 6.29 Å². The van der Waals surface area contributed by atoms with Gasteiger partial charge in [-0.05, 0) is 13.0 Å². The first-order valence-electron chi connectivity index (χ1n) is 4.40. The molecule has 1 atom stereocenters. The summed E-state index contributed by atoms with van der Waals surface area (Å²) in [6.45, 7) is 1.48. The number of aromatic amines is 1. The van der Waals surface area contributed by atoms with Gasteiger partial charge in [-0.25, -0.2) is 0 Å². The summed E-state index contributed by atoms with van der Waals surface area (Å²) in [5.41, 5.74) is 0.118. The molecule has 0 aliphatic carbocycles. The molecule has 0 spiro atoms. The standard InChI is InChI=1S/C11H11NO2/c1-11(14,7-13)9-6-12-10-5-3-2-4-8(9)10/h2-7,12,14H,1H3. The van der Waals surface area contributed by atoms with E-state index in [2.05, 4.69) is 4.98 Å². The first-order valence-corrected chi connectivity index (χ1v) is 4.40. The van der Waals surface area contributed by atoms with Crippen LogP contribution in [0.15, 0.2) is 30.5 Å². The molecule has 14 heavy (non-hydrogen) atoms. The molecule has 3 nitrogen and oxygen atoms in total. The largest absolute Gasteiger partial charge is 0.378 e. The molecule has 2 rings (SSSR count). The van der Waals surface area contributed by atoms with Crippen molar-refractivity contribution in [2.75, 3.05) is 0 Å². The molecule has 0 aliphatic heterocycles. The van der Waals surface area contributed by atoms with Crippen molar-refractivity contribution in [3.8, 4) is 0 Å². The van der Waals surface area contributed by atoms with E-state index in [1.807, 2.05) is 24.3 Å². The highest BCUT2D eigenvalue weighted by Gasteiger charge is 2.24. The zero-order valence-corrected chi connectivity index (χ0v) is 7.82. The van der Waals surface area contributed by atoms with Gasteiger partial charge in [0, 0.05) is 22.7 Å². The Bertz CT molecular complexity index is 471. The van der Waals surface area contributed by atoms with Gasteiger partial charge in [0.25, 0.3) is 0 Å². The Balaban J connectivity index is 2.70. The maximum Gasteiger partial charge on any atom is 0.155 e. The molecule has 0 fully saturated rings. The molecule has 0 saturated carbocycles. The van der Waals surface area contributed by atoms with Crippen LogP contribution in [0.25, 0.3) is 10.9 Å². The SMILES string of the molecule is CC(O)(C=O)c1c[nH]c2ccccc12. The van der Waals surface area contributed by atoms with E-state index in [-0.39, 0.29) is 0 Å². The van der Waals surface area contributed by atoms with E-state index in [9.17, 15) is 9.90 Å². The maximum atomic E-state index is 10.7. The fourth-order valence-corrected chi connectivity index (χ4v) is 1.55. The highest BCUT2D eigenvalue weighted by atomic mass is 16.3. The Labute approximate surface area is 81.4 Å². The van der Waals surface area contributed by atoms with Crippen LogP contribution in [0.4, 0.5) is 0 Å². The van der Waals surface area contributed by atoms with Crippen LogP contribution in [0.3, 0.4) is 0 Å². The van der Waals surface area contributed by atoms with Gasteiger partial charge in [-0.1, -0.05) is 18.2 Å². The lowest BCUT2D eigenvalue weighted by Gasteiger charge is -2.14. The fraction of sp³-hybridized carbons (Fsp3) is 0.182. The molecule has 72 valence electrons. The van der Waals surface area contributed by atoms with Crippen molar-refractivity contribution in [3.63, 3.8) is 0 Å². The molecular weight excluding hydrogens is 178 g/mol. The third kappa shape index (κ3) is 1.22. The average molecular weight is 189 g/mol. The number of aldehydes is 1. The Morgan fingerprint density at radius 2 is 2.14 bits per heavy atom. The summed E-state index contributed by atoms with van der Waals surface area (Å²) in [4.78, 5) is 13.7. The number of aromatic nitrogens is 1. The monoisotopic (exact) mass is 189 g/mol. The molecule has 1 unspecified atom stereocenters. The van der Waals surface area contributed by atoms with Gasteiger partial charge in [-0.15, -0.1) is 0 Å². The molecule has 0 radical (unpaired) electrons. The Hall–Kier alpha value is -1.61. The van der Waals surface area contributed by atoms with Crippen LogP contribution in [0.5, 0.6) is 0 Å². The summed E-state index contributed by atoms with van der Waals surface area (Å²) in [5.74, 6) is 0. The first kappa shape index (κ1) is 8.97. The molecule has 0 saturated heterocycles. The van der Waals surface area contributed by atoms with Gasteiger partial charge in [-0.3, -0.25) is 4.79 Å². The predicted molar refractivity (Wildman–Crippen MR) is 53.9 cm³/mol. The van der Waals surface area contributed by atoms with Gasteiger partial charge in [-0.2, -0.15) is 0 Å². The van der Waals surface area contributed by atoms with Crippen molar-refractivity contribution in [3.05, 3.63) is 36.0 Å². The first-order chi connectivity index (χ1) is 6.65. The van der Waals surface area contributed by atoms with Gasteiger partial charge in [0.2, 0.25) is 0 Å². The number of aliphatic hydroxyl groups is 1. The van der Waals surface area contributed by atoms with E-state index in [0.29, 0.717) is 11.8 Å². The van der Waals surface area contributed by atoms with Gasteiger partial charge < -0.3 is 10.1 Å². The topological polar surface area (TPSA) is 53.1 Å². The zero-order chi connectivity index (χ0) is 10.2. The quantitative estimate of drug-likeness (QED) is 0.704. The second kappa shape index (κ2) is 2.96. The van der Waals surface area contributed by atoms with Crippen LogP contribution in [-0.2, 0) is 10.4 Å². The summed E-state index contributed by atoms with van der Waals surface area (Å²) in [6.07, 6.45) is 2.21. The molecule has 1 aromatic heterocycles. The van der Waals surface area contributed by atoms with Crippen LogP contribution >= 0.6 is 0 Å². The number of carbonyl (C=O) groups excluding carboxylic acids is 1. The molecule has 2 N–H and O–H groups in total. The van der Waals surface area contributed by atoms with Crippen molar-refractivity contribution in [1.29, 1.82) is 0 Å². The Kier molecular flexibility index (Phi) is 1.89. The lowest BCUT2D eigenvalue weighted by Crippen LogP contribution is -2.22. The third-order valence-corrected chi connectivity index (χ3v) is 2.36. The Morgan fingerprint density at radius 1 is 1.43 bits per heavy atom. The van der Waals surface area contributed by atoms with E-state index in [1.165, 1.54) is 6.92 Å². The Morgan fingerprint density at radius 3 is 2.86 bits per heavy atom. The summed E-state index contributed by atoms with van der Waals surface area (Å²) in [7, 11) is 0. The number of rotatable bonds is 2. The molecule has 0 aliphatic rings. The minimum Gasteiger partial charge on any atom is -0.378 e.